The van der Waals surface area contributed by atoms with Crippen molar-refractivity contribution in [3.8, 4) is 5.75 Å². The molecule has 6 nitrogen and oxygen atoms in total. The Morgan fingerprint density at radius 2 is 1.86 bits per heavy atom. The number of sulfonamides is 1. The number of likely N-dealkylation sites (N-methyl/N-ethyl adjacent to an activating group) is 1. The number of nitrogens with one attached hydrogen (secondary N) is 1. The van der Waals surface area contributed by atoms with Crippen LogP contribution in [0.5, 0.6) is 5.75 Å². The highest BCUT2D eigenvalue weighted by molar-refractivity contribution is 9.10. The molecule has 0 heterocycles. The summed E-state index contributed by atoms with van der Waals surface area (Å²) in [4.78, 5) is 12.2. The minimum absolute atomic E-state index is 0.0770. The number of hydrogen-bond acceptors (Lipinski definition) is 4. The molecule has 0 fully saturated rings. The van der Waals surface area contributed by atoms with E-state index < -0.39 is 39.9 Å². The van der Waals surface area contributed by atoms with Gasteiger partial charge in [0.05, 0.1) is 24.9 Å². The largest absolute Gasteiger partial charge is 0.495 e. The number of amides is 1. The van der Waals surface area contributed by atoms with Crippen LogP contribution in [0.2, 0.25) is 0 Å². The number of benzene rings is 2. The lowest BCUT2D eigenvalue weighted by atomic mass is 10.1. The molecule has 1 N–H and O–H groups in total. The zero-order valence-electron chi connectivity index (χ0n) is 15.5. The maximum atomic E-state index is 13.1. The number of rotatable bonds is 7. The highest BCUT2D eigenvalue weighted by Gasteiger charge is 2.34. The van der Waals surface area contributed by atoms with E-state index in [1.807, 2.05) is 0 Å². The van der Waals surface area contributed by atoms with Gasteiger partial charge in [-0.25, -0.2) is 8.42 Å². The lowest BCUT2D eigenvalue weighted by molar-refractivity contribution is -0.137. The molecule has 2 aromatic rings. The summed E-state index contributed by atoms with van der Waals surface area (Å²) in [6.07, 6.45) is -4.66. The van der Waals surface area contributed by atoms with E-state index in [1.165, 1.54) is 38.3 Å². The van der Waals surface area contributed by atoms with E-state index in [2.05, 4.69) is 21.2 Å². The van der Waals surface area contributed by atoms with Crippen molar-refractivity contribution in [2.24, 2.45) is 0 Å². The van der Waals surface area contributed by atoms with Crippen LogP contribution in [0.15, 0.2) is 51.8 Å². The average molecular weight is 495 g/mol. The number of hydrogen-bond donors (Lipinski definition) is 1. The zero-order chi connectivity index (χ0) is 21.8. The predicted octanol–water partition coefficient (Wildman–Crippen LogP) is 4.13. The van der Waals surface area contributed by atoms with Crippen LogP contribution in [0, 0.1) is 0 Å². The van der Waals surface area contributed by atoms with Crippen LogP contribution >= 0.6 is 15.9 Å². The van der Waals surface area contributed by atoms with Gasteiger partial charge < -0.3 is 10.1 Å². The number of anilines is 1. The molecule has 2 rings (SSSR count). The molecule has 0 aliphatic heterocycles. The maximum absolute atomic E-state index is 13.1. The number of halogens is 4. The van der Waals surface area contributed by atoms with E-state index in [9.17, 15) is 26.4 Å². The second-order valence-corrected chi connectivity index (χ2v) is 8.64. The molecule has 0 aliphatic rings. The van der Waals surface area contributed by atoms with E-state index in [1.54, 1.807) is 6.07 Å². The zero-order valence-corrected chi connectivity index (χ0v) is 17.9. The van der Waals surface area contributed by atoms with Gasteiger partial charge in [-0.15, -0.1) is 0 Å². The van der Waals surface area contributed by atoms with Gasteiger partial charge in [0.25, 0.3) is 0 Å². The minimum Gasteiger partial charge on any atom is -0.495 e. The molecule has 29 heavy (non-hydrogen) atoms. The lowest BCUT2D eigenvalue weighted by Crippen LogP contribution is -2.38. The summed E-state index contributed by atoms with van der Waals surface area (Å²) in [6.45, 7) is 0.770. The number of para-hydroxylation sites is 1. The molecular weight excluding hydrogens is 477 g/mol. The van der Waals surface area contributed by atoms with Gasteiger partial charge in [0.15, 0.2) is 0 Å². The third-order valence-corrected chi connectivity index (χ3v) is 6.36. The van der Waals surface area contributed by atoms with E-state index >= 15 is 0 Å². The van der Waals surface area contributed by atoms with Crippen molar-refractivity contribution in [3.05, 3.63) is 52.5 Å². The van der Waals surface area contributed by atoms with Crippen molar-refractivity contribution in [3.63, 3.8) is 0 Å². The van der Waals surface area contributed by atoms with E-state index in [-0.39, 0.29) is 17.2 Å². The maximum Gasteiger partial charge on any atom is 0.418 e. The van der Waals surface area contributed by atoms with Gasteiger partial charge in [-0.3, -0.25) is 4.79 Å². The van der Waals surface area contributed by atoms with E-state index in [4.69, 9.17) is 4.74 Å². The molecule has 0 saturated carbocycles. The first-order valence-electron chi connectivity index (χ1n) is 8.30. The molecule has 0 unspecified atom stereocenters. The van der Waals surface area contributed by atoms with Gasteiger partial charge in [0.2, 0.25) is 15.9 Å². The van der Waals surface area contributed by atoms with E-state index in [0.717, 1.165) is 16.4 Å². The second kappa shape index (κ2) is 9.14. The quantitative estimate of drug-likeness (QED) is 0.627. The highest BCUT2D eigenvalue weighted by Crippen LogP contribution is 2.34. The summed E-state index contributed by atoms with van der Waals surface area (Å²) in [7, 11) is -2.84. The summed E-state index contributed by atoms with van der Waals surface area (Å²) < 4.78 is 71.6. The summed E-state index contributed by atoms with van der Waals surface area (Å²) in [5.41, 5.74) is -1.47. The van der Waals surface area contributed by atoms with E-state index in [0.29, 0.717) is 4.47 Å². The lowest BCUT2D eigenvalue weighted by Gasteiger charge is -2.22. The van der Waals surface area contributed by atoms with Crippen LogP contribution in [-0.2, 0) is 21.0 Å². The van der Waals surface area contributed by atoms with Gasteiger partial charge >= 0.3 is 6.18 Å². The monoisotopic (exact) mass is 494 g/mol. The third kappa shape index (κ3) is 5.49. The number of alkyl halides is 3. The Morgan fingerprint density at radius 1 is 1.21 bits per heavy atom. The molecule has 0 saturated heterocycles. The Hall–Kier alpha value is -2.11. The summed E-state index contributed by atoms with van der Waals surface area (Å²) in [5.74, 6) is -0.824. The fraction of sp³-hybridized carbons (Fsp3) is 0.278. The van der Waals surface area contributed by atoms with Gasteiger partial charge in [-0.1, -0.05) is 35.0 Å². The molecule has 0 aromatic heterocycles. The Morgan fingerprint density at radius 3 is 2.45 bits per heavy atom. The first-order chi connectivity index (χ1) is 13.5. The number of methoxy groups -OCH3 is 1. The van der Waals surface area contributed by atoms with Crippen LogP contribution in [0.3, 0.4) is 0 Å². The van der Waals surface area contributed by atoms with Crippen molar-refractivity contribution < 1.29 is 31.1 Å². The smallest absolute Gasteiger partial charge is 0.418 e. The van der Waals surface area contributed by atoms with Crippen LogP contribution < -0.4 is 10.1 Å². The number of ether oxygens (including phenoxy) is 1. The van der Waals surface area contributed by atoms with Gasteiger partial charge in [0.1, 0.15) is 10.6 Å². The SMILES string of the molecule is CCN(CC(=O)Nc1ccccc1C(F)(F)F)S(=O)(=O)c1cc(Br)ccc1OC. The standard InChI is InChI=1S/C18H18BrF3N2O4S/c1-3-24(29(26,27)16-10-12(19)8-9-15(16)28-2)11-17(25)23-14-7-5-4-6-13(14)18(20,21)22/h4-10H,3,11H2,1-2H3,(H,23,25). The normalized spacial score (nSPS) is 12.1. The van der Waals surface area contributed by atoms with Crippen LogP contribution in [0.25, 0.3) is 0 Å². The van der Waals surface area contributed by atoms with Gasteiger partial charge in [-0.05, 0) is 30.3 Å². The van der Waals surface area contributed by atoms with Crippen LogP contribution in [-0.4, -0.2) is 38.8 Å². The first-order valence-corrected chi connectivity index (χ1v) is 10.5. The number of carbonyl (C=O) groups excluding carboxylic acids is 1. The Labute approximate surface area is 174 Å². The predicted molar refractivity (Wildman–Crippen MR) is 105 cm³/mol. The highest BCUT2D eigenvalue weighted by atomic mass is 79.9. The molecule has 0 bridgehead atoms. The van der Waals surface area contributed by atoms with Crippen molar-refractivity contribution in [2.45, 2.75) is 18.0 Å². The number of nitrogens with zero attached hydrogens (tertiary/aromatic N) is 1. The molecule has 0 spiro atoms. The van der Waals surface area contributed by atoms with Gasteiger partial charge in [-0.2, -0.15) is 17.5 Å². The summed E-state index contributed by atoms with van der Waals surface area (Å²) >= 11 is 3.19. The molecule has 0 radical (unpaired) electrons. The third-order valence-electron chi connectivity index (χ3n) is 3.92. The molecule has 0 aliphatic carbocycles. The fourth-order valence-corrected chi connectivity index (χ4v) is 4.65. The van der Waals surface area contributed by atoms with Crippen molar-refractivity contribution >= 4 is 37.5 Å². The number of carbonyl (C=O) groups is 1. The molecular formula is C18H18BrF3N2O4S. The second-order valence-electron chi connectivity index (χ2n) is 5.82. The Balaban J connectivity index is 2.29. The summed E-state index contributed by atoms with van der Waals surface area (Å²) in [5, 5.41) is 2.14. The van der Waals surface area contributed by atoms with Crippen molar-refractivity contribution in [1.29, 1.82) is 0 Å². The minimum atomic E-state index is -4.66. The topological polar surface area (TPSA) is 75.7 Å². The summed E-state index contributed by atoms with van der Waals surface area (Å²) in [6, 6.07) is 8.83. The molecule has 158 valence electrons. The van der Waals surface area contributed by atoms with Gasteiger partial charge in [0, 0.05) is 11.0 Å². The molecule has 11 heteroatoms. The Bertz CT molecular complexity index is 997. The van der Waals surface area contributed by atoms with Crippen LogP contribution in [0.4, 0.5) is 18.9 Å². The average Bonchev–Trinajstić information content (AvgIpc) is 2.65. The molecule has 0 atom stereocenters. The first kappa shape index (κ1) is 23.2. The Kier molecular flexibility index (Phi) is 7.30. The molecule has 1 amide bonds. The van der Waals surface area contributed by atoms with Crippen molar-refractivity contribution in [1.82, 2.24) is 4.31 Å². The molecule has 2 aromatic carbocycles. The van der Waals surface area contributed by atoms with Crippen LogP contribution in [0.1, 0.15) is 12.5 Å². The van der Waals surface area contributed by atoms with Crippen molar-refractivity contribution in [2.75, 3.05) is 25.5 Å². The fourth-order valence-electron chi connectivity index (χ4n) is 2.55.